The number of rotatable bonds is 7. The van der Waals surface area contributed by atoms with Crippen molar-refractivity contribution in [2.45, 2.75) is 13.0 Å². The number of fused-ring (bicyclic) bond motifs is 1. The maximum atomic E-state index is 12.6. The molecule has 0 bridgehead atoms. The molecule has 0 saturated carbocycles. The highest BCUT2D eigenvalue weighted by molar-refractivity contribution is 7.07. The number of benzene rings is 2. The van der Waals surface area contributed by atoms with Crippen LogP contribution in [0.25, 0.3) is 22.6 Å². The van der Waals surface area contributed by atoms with Gasteiger partial charge in [-0.15, -0.1) is 11.3 Å². The Labute approximate surface area is 166 Å². The van der Waals surface area contributed by atoms with E-state index in [0.717, 1.165) is 34.5 Å². The van der Waals surface area contributed by atoms with Gasteiger partial charge in [-0.05, 0) is 36.2 Å². The second-order valence-electron chi connectivity index (χ2n) is 6.33. The van der Waals surface area contributed by atoms with Gasteiger partial charge in [0.05, 0.1) is 23.7 Å². The van der Waals surface area contributed by atoms with E-state index in [-0.39, 0.29) is 12.5 Å². The topological polar surface area (TPSA) is 69.0 Å². The first-order chi connectivity index (χ1) is 13.7. The summed E-state index contributed by atoms with van der Waals surface area (Å²) in [6, 6.07) is 15.7. The highest BCUT2D eigenvalue weighted by Gasteiger charge is 2.16. The monoisotopic (exact) mass is 392 g/mol. The molecule has 0 aliphatic heterocycles. The summed E-state index contributed by atoms with van der Waals surface area (Å²) in [6.45, 7) is 0.778. The number of nitrogens with one attached hydrogen (secondary N) is 1. The number of para-hydroxylation sites is 2. The molecule has 0 aliphatic carbocycles. The van der Waals surface area contributed by atoms with Crippen LogP contribution < -0.4 is 10.1 Å². The van der Waals surface area contributed by atoms with Gasteiger partial charge in [-0.1, -0.05) is 24.3 Å². The van der Waals surface area contributed by atoms with Crippen LogP contribution in [-0.4, -0.2) is 34.1 Å². The Morgan fingerprint density at radius 1 is 1.18 bits per heavy atom. The summed E-state index contributed by atoms with van der Waals surface area (Å²) < 4.78 is 7.09. The molecule has 0 unspecified atom stereocenters. The summed E-state index contributed by atoms with van der Waals surface area (Å²) in [5.74, 6) is 1.50. The number of ether oxygens (including phenoxy) is 1. The number of hydrogen-bond donors (Lipinski definition) is 1. The molecule has 2 aromatic carbocycles. The van der Waals surface area contributed by atoms with Crippen LogP contribution in [0.2, 0.25) is 0 Å². The van der Waals surface area contributed by atoms with Crippen molar-refractivity contribution < 1.29 is 9.53 Å². The lowest BCUT2D eigenvalue weighted by Gasteiger charge is -2.09. The Balaban J connectivity index is 1.45. The molecular weight excluding hydrogens is 372 g/mol. The molecule has 0 saturated heterocycles. The lowest BCUT2D eigenvalue weighted by atomic mass is 10.1. The summed E-state index contributed by atoms with van der Waals surface area (Å²) in [5, 5.41) is 4.94. The molecule has 1 amide bonds. The third kappa shape index (κ3) is 3.89. The van der Waals surface area contributed by atoms with Gasteiger partial charge in [0.15, 0.2) is 5.82 Å². The molecule has 0 radical (unpaired) electrons. The highest BCUT2D eigenvalue weighted by Crippen LogP contribution is 2.24. The number of carbonyl (C=O) groups excluding carboxylic acids is 1. The van der Waals surface area contributed by atoms with Crippen LogP contribution in [0, 0.1) is 0 Å². The van der Waals surface area contributed by atoms with Crippen LogP contribution in [0.4, 0.5) is 0 Å². The van der Waals surface area contributed by atoms with E-state index in [1.807, 2.05) is 58.5 Å². The fourth-order valence-electron chi connectivity index (χ4n) is 3.09. The van der Waals surface area contributed by atoms with Crippen LogP contribution in [0.15, 0.2) is 59.4 Å². The maximum Gasteiger partial charge on any atom is 0.240 e. The summed E-state index contributed by atoms with van der Waals surface area (Å²) in [7, 11) is 1.65. The Bertz CT molecular complexity index is 1070. The van der Waals surface area contributed by atoms with Crippen molar-refractivity contribution in [2.75, 3.05) is 13.7 Å². The number of hydrogen-bond acceptors (Lipinski definition) is 5. The molecule has 2 aromatic heterocycles. The molecular formula is C21H20N4O2S. The van der Waals surface area contributed by atoms with Crippen molar-refractivity contribution in [1.29, 1.82) is 0 Å². The summed E-state index contributed by atoms with van der Waals surface area (Å²) in [6.07, 6.45) is 0.763. The summed E-state index contributed by atoms with van der Waals surface area (Å²) in [4.78, 5) is 21.6. The number of carbonyl (C=O) groups is 1. The first-order valence-electron chi connectivity index (χ1n) is 8.98. The average Bonchev–Trinajstić information content (AvgIpc) is 3.37. The molecule has 0 atom stereocenters. The van der Waals surface area contributed by atoms with E-state index >= 15 is 0 Å². The van der Waals surface area contributed by atoms with Crippen molar-refractivity contribution in [3.63, 3.8) is 0 Å². The molecule has 0 spiro atoms. The number of nitrogens with zero attached hydrogens (tertiary/aromatic N) is 3. The third-order valence-corrected chi connectivity index (χ3v) is 5.10. The summed E-state index contributed by atoms with van der Waals surface area (Å²) in [5.41, 5.74) is 5.49. The van der Waals surface area contributed by atoms with Gasteiger partial charge < -0.3 is 14.6 Å². The van der Waals surface area contributed by atoms with E-state index in [1.165, 1.54) is 11.3 Å². The second-order valence-corrected chi connectivity index (χ2v) is 7.05. The maximum absolute atomic E-state index is 12.6. The minimum atomic E-state index is -0.0480. The van der Waals surface area contributed by atoms with Crippen molar-refractivity contribution >= 4 is 28.3 Å². The van der Waals surface area contributed by atoms with Gasteiger partial charge in [0, 0.05) is 11.9 Å². The van der Waals surface area contributed by atoms with Gasteiger partial charge in [-0.3, -0.25) is 4.79 Å². The van der Waals surface area contributed by atoms with Crippen molar-refractivity contribution in [3.8, 4) is 17.3 Å². The zero-order chi connectivity index (χ0) is 19.3. The first kappa shape index (κ1) is 18.2. The normalized spacial score (nSPS) is 10.9. The Kier molecular flexibility index (Phi) is 5.34. The Morgan fingerprint density at radius 2 is 2.00 bits per heavy atom. The predicted molar refractivity (Wildman–Crippen MR) is 111 cm³/mol. The van der Waals surface area contributed by atoms with Gasteiger partial charge in [0.25, 0.3) is 0 Å². The van der Waals surface area contributed by atoms with Crippen molar-refractivity contribution in [3.05, 3.63) is 65.0 Å². The fraction of sp³-hybridized carbons (Fsp3) is 0.190. The number of methoxy groups -OCH3 is 1. The first-order valence-corrected chi connectivity index (χ1v) is 9.92. The minimum Gasteiger partial charge on any atom is -0.497 e. The van der Waals surface area contributed by atoms with E-state index in [0.29, 0.717) is 12.4 Å². The number of thiazole rings is 1. The van der Waals surface area contributed by atoms with Gasteiger partial charge in [-0.2, -0.15) is 0 Å². The number of aromatic nitrogens is 3. The quantitative estimate of drug-likeness (QED) is 0.522. The molecule has 4 aromatic rings. The van der Waals surface area contributed by atoms with E-state index in [2.05, 4.69) is 15.3 Å². The molecule has 142 valence electrons. The average molecular weight is 392 g/mol. The Morgan fingerprint density at radius 3 is 2.75 bits per heavy atom. The SMILES string of the molecule is COc1ccc(CCNC(=O)Cn2c(-c3cscn3)nc3ccccc32)cc1. The van der Waals surface area contributed by atoms with Crippen LogP contribution in [-0.2, 0) is 17.8 Å². The van der Waals surface area contributed by atoms with E-state index in [9.17, 15) is 4.79 Å². The van der Waals surface area contributed by atoms with Gasteiger partial charge in [0.1, 0.15) is 18.0 Å². The predicted octanol–water partition coefficient (Wildman–Crippen LogP) is 3.53. The van der Waals surface area contributed by atoms with E-state index in [1.54, 1.807) is 12.6 Å². The van der Waals surface area contributed by atoms with E-state index < -0.39 is 0 Å². The smallest absolute Gasteiger partial charge is 0.240 e. The zero-order valence-corrected chi connectivity index (χ0v) is 16.3. The third-order valence-electron chi connectivity index (χ3n) is 4.51. The van der Waals surface area contributed by atoms with Crippen LogP contribution in [0.5, 0.6) is 5.75 Å². The lowest BCUT2D eigenvalue weighted by Crippen LogP contribution is -2.29. The molecule has 7 heteroatoms. The zero-order valence-electron chi connectivity index (χ0n) is 15.5. The van der Waals surface area contributed by atoms with Crippen molar-refractivity contribution in [2.24, 2.45) is 0 Å². The van der Waals surface area contributed by atoms with Crippen molar-refractivity contribution in [1.82, 2.24) is 19.9 Å². The second kappa shape index (κ2) is 8.22. The lowest BCUT2D eigenvalue weighted by molar-refractivity contribution is -0.121. The van der Waals surface area contributed by atoms with E-state index in [4.69, 9.17) is 4.74 Å². The molecule has 1 N–H and O–H groups in total. The standard InChI is InChI=1S/C21H20N4O2S/c1-27-16-8-6-15(7-9-16)10-11-22-20(26)12-25-19-5-3-2-4-17(19)24-21(25)18-13-28-14-23-18/h2-9,13-14H,10-12H2,1H3,(H,22,26). The molecule has 0 aliphatic rings. The molecule has 0 fully saturated rings. The van der Waals surface area contributed by atoms with Gasteiger partial charge in [-0.25, -0.2) is 9.97 Å². The molecule has 6 nitrogen and oxygen atoms in total. The molecule has 4 rings (SSSR count). The fourth-order valence-corrected chi connectivity index (χ4v) is 3.62. The van der Waals surface area contributed by atoms with Gasteiger partial charge in [0.2, 0.25) is 5.91 Å². The molecule has 28 heavy (non-hydrogen) atoms. The largest absolute Gasteiger partial charge is 0.497 e. The number of imidazole rings is 1. The van der Waals surface area contributed by atoms with Crippen LogP contribution >= 0.6 is 11.3 Å². The van der Waals surface area contributed by atoms with Crippen LogP contribution in [0.3, 0.4) is 0 Å². The number of amides is 1. The Hall–Kier alpha value is -3.19. The highest BCUT2D eigenvalue weighted by atomic mass is 32.1. The van der Waals surface area contributed by atoms with Gasteiger partial charge >= 0.3 is 0 Å². The summed E-state index contributed by atoms with van der Waals surface area (Å²) >= 11 is 1.51. The molecule has 2 heterocycles. The van der Waals surface area contributed by atoms with Crippen LogP contribution in [0.1, 0.15) is 5.56 Å². The minimum absolute atomic E-state index is 0.0480.